The topological polar surface area (TPSA) is 54.1 Å². The van der Waals surface area contributed by atoms with Crippen molar-refractivity contribution in [2.75, 3.05) is 13.7 Å². The van der Waals surface area contributed by atoms with Gasteiger partial charge in [-0.1, -0.05) is 25.1 Å². The number of carbonyl (C=O) groups excluding carboxylic acids is 1. The van der Waals surface area contributed by atoms with E-state index < -0.39 is 0 Å². The minimum atomic E-state index is 0.110. The molecule has 1 aromatic heterocycles. The first kappa shape index (κ1) is 15.6. The molecule has 0 aliphatic rings. The lowest BCUT2D eigenvalue weighted by Gasteiger charge is -2.15. The van der Waals surface area contributed by atoms with Crippen LogP contribution >= 0.6 is 0 Å². The van der Waals surface area contributed by atoms with Crippen molar-refractivity contribution in [3.63, 3.8) is 0 Å². The van der Waals surface area contributed by atoms with Crippen molar-refractivity contribution in [2.24, 2.45) is 0 Å². The van der Waals surface area contributed by atoms with Gasteiger partial charge in [-0.2, -0.15) is 0 Å². The molecule has 114 valence electrons. The van der Waals surface area contributed by atoms with Crippen LogP contribution in [0, 0.1) is 0 Å². The van der Waals surface area contributed by atoms with Crippen molar-refractivity contribution < 1.29 is 9.53 Å². The first-order chi connectivity index (χ1) is 10.2. The molecule has 0 spiro atoms. The van der Waals surface area contributed by atoms with E-state index in [0.29, 0.717) is 13.0 Å². The highest BCUT2D eigenvalue weighted by Gasteiger charge is 2.10. The number of hydrogen-bond donors (Lipinski definition) is 2. The monoisotopic (exact) mass is 288 g/mol. The number of hydrogen-bond acceptors (Lipinski definition) is 2. The fourth-order valence-electron chi connectivity index (χ4n) is 2.54. The summed E-state index contributed by atoms with van der Waals surface area (Å²) < 4.78 is 5.09. The average molecular weight is 288 g/mol. The van der Waals surface area contributed by atoms with Crippen molar-refractivity contribution in [1.29, 1.82) is 0 Å². The highest BCUT2D eigenvalue weighted by molar-refractivity contribution is 5.83. The molecule has 0 fully saturated rings. The zero-order valence-electron chi connectivity index (χ0n) is 12.8. The smallest absolute Gasteiger partial charge is 0.220 e. The predicted octanol–water partition coefficient (Wildman–Crippen LogP) is 3.03. The molecule has 2 aromatic rings. The summed E-state index contributed by atoms with van der Waals surface area (Å²) >= 11 is 0. The van der Waals surface area contributed by atoms with Gasteiger partial charge in [0.05, 0.1) is 12.6 Å². The molecule has 0 aliphatic carbocycles. The minimum absolute atomic E-state index is 0.110. The van der Waals surface area contributed by atoms with Crippen LogP contribution in [0.15, 0.2) is 30.5 Å². The molecule has 1 unspecified atom stereocenters. The van der Waals surface area contributed by atoms with E-state index in [4.69, 9.17) is 4.74 Å². The summed E-state index contributed by atoms with van der Waals surface area (Å²) in [5.41, 5.74) is 2.44. The Morgan fingerprint density at radius 3 is 2.95 bits per heavy atom. The van der Waals surface area contributed by atoms with Gasteiger partial charge in [-0.05, 0) is 30.9 Å². The van der Waals surface area contributed by atoms with E-state index in [9.17, 15) is 4.79 Å². The summed E-state index contributed by atoms with van der Waals surface area (Å²) in [7, 11) is 1.66. The van der Waals surface area contributed by atoms with Gasteiger partial charge in [0.15, 0.2) is 0 Å². The summed E-state index contributed by atoms with van der Waals surface area (Å²) in [5.74, 6) is 0.110. The van der Waals surface area contributed by atoms with Gasteiger partial charge >= 0.3 is 0 Å². The maximum absolute atomic E-state index is 11.9. The summed E-state index contributed by atoms with van der Waals surface area (Å²) in [6.45, 7) is 2.63. The van der Waals surface area contributed by atoms with Crippen molar-refractivity contribution in [3.8, 4) is 0 Å². The summed E-state index contributed by atoms with van der Waals surface area (Å²) in [6, 6.07) is 8.38. The van der Waals surface area contributed by atoms with Crippen molar-refractivity contribution in [1.82, 2.24) is 10.3 Å². The largest absolute Gasteiger partial charge is 0.383 e. The number of carbonyl (C=O) groups is 1. The zero-order chi connectivity index (χ0) is 15.1. The quantitative estimate of drug-likeness (QED) is 0.784. The van der Waals surface area contributed by atoms with E-state index >= 15 is 0 Å². The highest BCUT2D eigenvalue weighted by atomic mass is 16.5. The number of ether oxygens (including phenoxy) is 1. The summed E-state index contributed by atoms with van der Waals surface area (Å²) in [4.78, 5) is 15.2. The van der Waals surface area contributed by atoms with E-state index in [-0.39, 0.29) is 11.9 Å². The van der Waals surface area contributed by atoms with E-state index in [2.05, 4.69) is 29.4 Å². The molecule has 1 aromatic carbocycles. The van der Waals surface area contributed by atoms with Crippen molar-refractivity contribution in [3.05, 3.63) is 36.0 Å². The second-order valence-electron chi connectivity index (χ2n) is 5.34. The van der Waals surface area contributed by atoms with Gasteiger partial charge in [-0.15, -0.1) is 0 Å². The number of fused-ring (bicyclic) bond motifs is 1. The number of rotatable bonds is 8. The maximum atomic E-state index is 11.9. The molecule has 0 saturated carbocycles. The molecule has 0 bridgehead atoms. The minimum Gasteiger partial charge on any atom is -0.383 e. The van der Waals surface area contributed by atoms with Crippen LogP contribution in [-0.4, -0.2) is 30.6 Å². The molecule has 4 nitrogen and oxygen atoms in total. The molecule has 0 aliphatic heterocycles. The summed E-state index contributed by atoms with van der Waals surface area (Å²) in [5, 5.41) is 4.27. The Balaban J connectivity index is 1.80. The average Bonchev–Trinajstić information content (AvgIpc) is 2.90. The molecule has 2 N–H and O–H groups in total. The van der Waals surface area contributed by atoms with E-state index in [1.807, 2.05) is 18.3 Å². The van der Waals surface area contributed by atoms with E-state index in [1.54, 1.807) is 7.11 Å². The normalized spacial score (nSPS) is 12.5. The number of amides is 1. The van der Waals surface area contributed by atoms with Crippen molar-refractivity contribution in [2.45, 2.75) is 38.6 Å². The van der Waals surface area contributed by atoms with Crippen LogP contribution in [0.25, 0.3) is 10.9 Å². The first-order valence-electron chi connectivity index (χ1n) is 7.58. The molecule has 1 heterocycles. The molecule has 1 amide bonds. The fourth-order valence-corrected chi connectivity index (χ4v) is 2.54. The lowest BCUT2D eigenvalue weighted by molar-refractivity contribution is -0.122. The lowest BCUT2D eigenvalue weighted by atomic mass is 10.1. The number of nitrogens with one attached hydrogen (secondary N) is 2. The van der Waals surface area contributed by atoms with Crippen LogP contribution in [0.5, 0.6) is 0 Å². The third-order valence-corrected chi connectivity index (χ3v) is 3.75. The van der Waals surface area contributed by atoms with Gasteiger partial charge < -0.3 is 15.0 Å². The van der Waals surface area contributed by atoms with Crippen LogP contribution in [0.4, 0.5) is 0 Å². The van der Waals surface area contributed by atoms with Crippen LogP contribution in [-0.2, 0) is 16.0 Å². The highest BCUT2D eigenvalue weighted by Crippen LogP contribution is 2.19. The Morgan fingerprint density at radius 2 is 2.19 bits per heavy atom. The molecule has 0 saturated heterocycles. The van der Waals surface area contributed by atoms with Gasteiger partial charge in [0.2, 0.25) is 5.91 Å². The van der Waals surface area contributed by atoms with Gasteiger partial charge in [0.1, 0.15) is 0 Å². The fraction of sp³-hybridized carbons (Fsp3) is 0.471. The second-order valence-corrected chi connectivity index (χ2v) is 5.34. The summed E-state index contributed by atoms with van der Waals surface area (Å²) in [6.07, 6.45) is 5.26. The van der Waals surface area contributed by atoms with E-state index in [1.165, 1.54) is 10.9 Å². The Kier molecular flexibility index (Phi) is 5.81. The molecule has 21 heavy (non-hydrogen) atoms. The Hall–Kier alpha value is -1.81. The second kappa shape index (κ2) is 7.84. The Labute approximate surface area is 125 Å². The predicted molar refractivity (Wildman–Crippen MR) is 85.3 cm³/mol. The van der Waals surface area contributed by atoms with Gasteiger partial charge in [-0.3, -0.25) is 4.79 Å². The SMILES string of the molecule is CCC(COC)NC(=O)CCCc1c[nH]c2ccccc12. The molecule has 1 atom stereocenters. The van der Waals surface area contributed by atoms with Gasteiger partial charge in [0, 0.05) is 30.6 Å². The van der Waals surface area contributed by atoms with Crippen LogP contribution in [0.2, 0.25) is 0 Å². The first-order valence-corrected chi connectivity index (χ1v) is 7.58. The molecule has 2 rings (SSSR count). The number of benzene rings is 1. The Bertz CT molecular complexity index is 577. The Morgan fingerprint density at radius 1 is 1.38 bits per heavy atom. The number of aromatic nitrogens is 1. The zero-order valence-corrected chi connectivity index (χ0v) is 12.8. The number of methoxy groups -OCH3 is 1. The third-order valence-electron chi connectivity index (χ3n) is 3.75. The third kappa shape index (κ3) is 4.33. The number of aromatic amines is 1. The van der Waals surface area contributed by atoms with Gasteiger partial charge in [0.25, 0.3) is 0 Å². The lowest BCUT2D eigenvalue weighted by Crippen LogP contribution is -2.37. The maximum Gasteiger partial charge on any atom is 0.220 e. The van der Waals surface area contributed by atoms with Crippen LogP contribution in [0.1, 0.15) is 31.7 Å². The van der Waals surface area contributed by atoms with E-state index in [0.717, 1.165) is 24.8 Å². The molecule has 4 heteroatoms. The van der Waals surface area contributed by atoms with Crippen LogP contribution < -0.4 is 5.32 Å². The number of para-hydroxylation sites is 1. The molecular formula is C17H24N2O2. The molecular weight excluding hydrogens is 264 g/mol. The van der Waals surface area contributed by atoms with Crippen molar-refractivity contribution >= 4 is 16.8 Å². The standard InChI is InChI=1S/C17H24N2O2/c1-3-14(12-21-2)19-17(20)10-6-7-13-11-18-16-9-5-4-8-15(13)16/h4-5,8-9,11,14,18H,3,6-7,10,12H2,1-2H3,(H,19,20). The molecule has 0 radical (unpaired) electrons. The van der Waals surface area contributed by atoms with Crippen LogP contribution in [0.3, 0.4) is 0 Å². The number of H-pyrrole nitrogens is 1. The number of aryl methyl sites for hydroxylation is 1. The van der Waals surface area contributed by atoms with Gasteiger partial charge in [-0.25, -0.2) is 0 Å².